The van der Waals surface area contributed by atoms with Gasteiger partial charge < -0.3 is 15.4 Å². The molecule has 2 saturated heterocycles. The lowest BCUT2D eigenvalue weighted by molar-refractivity contribution is -0.124. The lowest BCUT2D eigenvalue weighted by Crippen LogP contribution is -2.42. The number of nitrogens with one attached hydrogen (secondary N) is 2. The molecule has 2 aliphatic rings. The Kier molecular flexibility index (Phi) is 5.97. The molecule has 2 rings (SSSR count). The van der Waals surface area contributed by atoms with Crippen molar-refractivity contribution < 1.29 is 9.53 Å². The van der Waals surface area contributed by atoms with Crippen LogP contribution in [0, 0.1) is 0 Å². The second-order valence-corrected chi connectivity index (χ2v) is 6.83. The van der Waals surface area contributed by atoms with Crippen LogP contribution in [0.3, 0.4) is 0 Å². The van der Waals surface area contributed by atoms with E-state index in [4.69, 9.17) is 4.74 Å². The molecule has 0 spiro atoms. The van der Waals surface area contributed by atoms with Crippen molar-refractivity contribution in [1.29, 1.82) is 0 Å². The van der Waals surface area contributed by atoms with E-state index in [1.807, 2.05) is 23.5 Å². The minimum absolute atomic E-state index is 0.0529. The molecule has 0 aliphatic carbocycles. The number of ether oxygens (including phenoxy) is 1. The second kappa shape index (κ2) is 7.51. The molecular weight excluding hydrogens is 256 g/mol. The van der Waals surface area contributed by atoms with E-state index in [0.29, 0.717) is 18.3 Å². The maximum absolute atomic E-state index is 11.7. The molecule has 1 amide bonds. The zero-order valence-electron chi connectivity index (χ0n) is 9.94. The van der Waals surface area contributed by atoms with Gasteiger partial charge in [-0.3, -0.25) is 4.79 Å². The molecule has 2 atom stereocenters. The van der Waals surface area contributed by atoms with Crippen LogP contribution in [0.15, 0.2) is 0 Å². The van der Waals surface area contributed by atoms with E-state index < -0.39 is 0 Å². The molecule has 0 radical (unpaired) electrons. The summed E-state index contributed by atoms with van der Waals surface area (Å²) in [6, 6.07) is 0. The van der Waals surface area contributed by atoms with Crippen LogP contribution >= 0.6 is 23.5 Å². The Bertz CT molecular complexity index is 242. The van der Waals surface area contributed by atoms with Crippen LogP contribution in [0.1, 0.15) is 6.42 Å². The monoisotopic (exact) mass is 276 g/mol. The molecule has 2 fully saturated rings. The molecule has 4 nitrogen and oxygen atoms in total. The lowest BCUT2D eigenvalue weighted by Gasteiger charge is -2.24. The summed E-state index contributed by atoms with van der Waals surface area (Å²) in [6.45, 7) is 3.21. The number of hydrogen-bond acceptors (Lipinski definition) is 5. The van der Waals surface area contributed by atoms with Gasteiger partial charge in [0.2, 0.25) is 5.91 Å². The number of carbonyl (C=O) groups is 1. The van der Waals surface area contributed by atoms with Crippen molar-refractivity contribution in [2.24, 2.45) is 0 Å². The Morgan fingerprint density at radius 1 is 1.47 bits per heavy atom. The molecule has 2 aliphatic heterocycles. The first-order valence-electron chi connectivity index (χ1n) is 6.13. The van der Waals surface area contributed by atoms with Gasteiger partial charge in [0.05, 0.1) is 19.1 Å². The summed E-state index contributed by atoms with van der Waals surface area (Å²) in [4.78, 5) is 11.7. The van der Waals surface area contributed by atoms with Crippen molar-refractivity contribution in [3.63, 3.8) is 0 Å². The van der Waals surface area contributed by atoms with Gasteiger partial charge in [0, 0.05) is 42.1 Å². The number of hydrogen-bond donors (Lipinski definition) is 2. The number of rotatable bonds is 4. The standard InChI is InChI=1S/C11H20N2O2S2/c14-11(5-9-6-12-1-2-15-9)13-7-10-8-16-3-4-17-10/h9-10,12H,1-8H2,(H,13,14). The van der Waals surface area contributed by atoms with Gasteiger partial charge in [0.1, 0.15) is 0 Å². The van der Waals surface area contributed by atoms with Gasteiger partial charge in [-0.1, -0.05) is 0 Å². The predicted molar refractivity (Wildman–Crippen MR) is 73.8 cm³/mol. The summed E-state index contributed by atoms with van der Waals surface area (Å²) >= 11 is 3.96. The van der Waals surface area contributed by atoms with Gasteiger partial charge in [-0.2, -0.15) is 23.5 Å². The SMILES string of the molecule is O=C(CC1CNCCO1)NCC1CSCCS1. The number of carbonyl (C=O) groups excluding carboxylic acids is 1. The third kappa shape index (κ3) is 5.07. The minimum Gasteiger partial charge on any atom is -0.375 e. The first-order valence-corrected chi connectivity index (χ1v) is 8.33. The summed E-state index contributed by atoms with van der Waals surface area (Å²) in [6.07, 6.45) is 0.537. The second-order valence-electron chi connectivity index (χ2n) is 4.27. The molecule has 0 aromatic rings. The number of thioether (sulfide) groups is 2. The van der Waals surface area contributed by atoms with Gasteiger partial charge in [-0.05, 0) is 0 Å². The van der Waals surface area contributed by atoms with Gasteiger partial charge in [-0.25, -0.2) is 0 Å². The van der Waals surface area contributed by atoms with E-state index in [1.165, 1.54) is 11.5 Å². The highest BCUT2D eigenvalue weighted by Crippen LogP contribution is 2.23. The van der Waals surface area contributed by atoms with Crippen LogP contribution in [0.5, 0.6) is 0 Å². The van der Waals surface area contributed by atoms with E-state index in [0.717, 1.165) is 25.4 Å². The highest BCUT2D eigenvalue weighted by Gasteiger charge is 2.19. The van der Waals surface area contributed by atoms with E-state index in [2.05, 4.69) is 10.6 Å². The van der Waals surface area contributed by atoms with Crippen molar-refractivity contribution in [2.75, 3.05) is 43.5 Å². The topological polar surface area (TPSA) is 50.4 Å². The van der Waals surface area contributed by atoms with Crippen molar-refractivity contribution >= 4 is 29.4 Å². The molecule has 0 aromatic carbocycles. The molecule has 2 N–H and O–H groups in total. The molecule has 98 valence electrons. The van der Waals surface area contributed by atoms with Crippen LogP contribution in [-0.2, 0) is 9.53 Å². The van der Waals surface area contributed by atoms with Crippen LogP contribution in [-0.4, -0.2) is 60.8 Å². The highest BCUT2D eigenvalue weighted by molar-refractivity contribution is 8.06. The average Bonchev–Trinajstić information content (AvgIpc) is 2.39. The van der Waals surface area contributed by atoms with E-state index in [1.54, 1.807) is 0 Å². The zero-order chi connectivity index (χ0) is 11.9. The summed E-state index contributed by atoms with van der Waals surface area (Å²) in [7, 11) is 0. The molecule has 0 bridgehead atoms. The van der Waals surface area contributed by atoms with E-state index in [9.17, 15) is 4.79 Å². The molecule has 0 aromatic heterocycles. The Morgan fingerprint density at radius 2 is 2.41 bits per heavy atom. The molecule has 2 heterocycles. The summed E-state index contributed by atoms with van der Waals surface area (Å²) < 4.78 is 5.51. The molecule has 6 heteroatoms. The predicted octanol–water partition coefficient (Wildman–Crippen LogP) is 0.330. The quantitative estimate of drug-likeness (QED) is 0.775. The first-order chi connectivity index (χ1) is 8.34. The van der Waals surface area contributed by atoms with Gasteiger partial charge >= 0.3 is 0 Å². The smallest absolute Gasteiger partial charge is 0.222 e. The maximum Gasteiger partial charge on any atom is 0.222 e. The van der Waals surface area contributed by atoms with Crippen molar-refractivity contribution in [3.8, 4) is 0 Å². The molecule has 0 saturated carbocycles. The van der Waals surface area contributed by atoms with E-state index in [-0.39, 0.29) is 12.0 Å². The Labute approximate surface area is 111 Å². The van der Waals surface area contributed by atoms with Crippen molar-refractivity contribution in [3.05, 3.63) is 0 Å². The highest BCUT2D eigenvalue weighted by atomic mass is 32.2. The van der Waals surface area contributed by atoms with Crippen molar-refractivity contribution in [1.82, 2.24) is 10.6 Å². The minimum atomic E-state index is 0.0529. The first kappa shape index (κ1) is 13.5. The summed E-state index contributed by atoms with van der Waals surface area (Å²) in [5.41, 5.74) is 0. The average molecular weight is 276 g/mol. The Morgan fingerprint density at radius 3 is 3.12 bits per heavy atom. The zero-order valence-corrected chi connectivity index (χ0v) is 11.6. The summed E-state index contributed by atoms with van der Waals surface area (Å²) in [5.74, 6) is 3.74. The molecule has 2 unspecified atom stereocenters. The Balaban J connectivity index is 1.59. The fourth-order valence-electron chi connectivity index (χ4n) is 1.91. The normalized spacial score (nSPS) is 29.9. The van der Waals surface area contributed by atoms with Crippen LogP contribution < -0.4 is 10.6 Å². The van der Waals surface area contributed by atoms with Gasteiger partial charge in [-0.15, -0.1) is 0 Å². The van der Waals surface area contributed by atoms with Crippen LogP contribution in [0.2, 0.25) is 0 Å². The fraction of sp³-hybridized carbons (Fsp3) is 0.909. The van der Waals surface area contributed by atoms with Crippen LogP contribution in [0.4, 0.5) is 0 Å². The van der Waals surface area contributed by atoms with Gasteiger partial charge in [0.25, 0.3) is 0 Å². The molecule has 17 heavy (non-hydrogen) atoms. The largest absolute Gasteiger partial charge is 0.375 e. The summed E-state index contributed by atoms with van der Waals surface area (Å²) in [5, 5.41) is 6.84. The van der Waals surface area contributed by atoms with E-state index >= 15 is 0 Å². The van der Waals surface area contributed by atoms with Gasteiger partial charge in [0.15, 0.2) is 0 Å². The molecular formula is C11H20N2O2S2. The number of morpholine rings is 1. The Hall–Kier alpha value is 0.0900. The van der Waals surface area contributed by atoms with Crippen LogP contribution in [0.25, 0.3) is 0 Å². The maximum atomic E-state index is 11.7. The number of amides is 1. The lowest BCUT2D eigenvalue weighted by atomic mass is 10.2. The van der Waals surface area contributed by atoms with Crippen molar-refractivity contribution in [2.45, 2.75) is 17.8 Å². The fourth-order valence-corrected chi connectivity index (χ4v) is 4.52. The third-order valence-electron chi connectivity index (χ3n) is 2.83. The third-order valence-corrected chi connectivity index (χ3v) is 5.67.